The van der Waals surface area contributed by atoms with E-state index in [4.69, 9.17) is 9.47 Å². The van der Waals surface area contributed by atoms with Crippen LogP contribution < -0.4 is 9.47 Å². The fourth-order valence-electron chi connectivity index (χ4n) is 2.44. The first kappa shape index (κ1) is 12.9. The van der Waals surface area contributed by atoms with Crippen LogP contribution in [0.5, 0.6) is 11.5 Å². The predicted octanol–water partition coefficient (Wildman–Crippen LogP) is 3.47. The molecule has 0 saturated heterocycles. The van der Waals surface area contributed by atoms with Crippen LogP contribution in [0.25, 0.3) is 0 Å². The molecule has 0 heterocycles. The third kappa shape index (κ3) is 3.25. The van der Waals surface area contributed by atoms with Crippen LogP contribution in [0.3, 0.4) is 0 Å². The zero-order chi connectivity index (χ0) is 12.8. The Kier molecular flexibility index (Phi) is 4.62. The van der Waals surface area contributed by atoms with Gasteiger partial charge >= 0.3 is 0 Å². The normalized spacial score (nSPS) is 16.3. The average molecular weight is 248 g/mol. The standard InChI is InChI=1S/C15H20O3/c1-17-14-7-8-15(13(9-14)10-16)18-11-12-5-3-2-4-6-12/h7-10,12H,2-6,11H2,1H3. The lowest BCUT2D eigenvalue weighted by Gasteiger charge is -2.22. The molecule has 0 aliphatic heterocycles. The van der Waals surface area contributed by atoms with Crippen molar-refractivity contribution < 1.29 is 14.3 Å². The molecule has 3 nitrogen and oxygen atoms in total. The Morgan fingerprint density at radius 3 is 2.72 bits per heavy atom. The lowest BCUT2D eigenvalue weighted by molar-refractivity contribution is 0.111. The lowest BCUT2D eigenvalue weighted by atomic mass is 9.90. The molecule has 0 N–H and O–H groups in total. The van der Waals surface area contributed by atoms with E-state index in [0.717, 1.165) is 6.29 Å². The van der Waals surface area contributed by atoms with Gasteiger partial charge in [0.1, 0.15) is 11.5 Å². The molecular weight excluding hydrogens is 228 g/mol. The minimum atomic E-state index is 0.560. The van der Waals surface area contributed by atoms with Crippen molar-refractivity contribution in [2.45, 2.75) is 32.1 Å². The summed E-state index contributed by atoms with van der Waals surface area (Å²) < 4.78 is 10.9. The van der Waals surface area contributed by atoms with Crippen LogP contribution in [0.4, 0.5) is 0 Å². The van der Waals surface area contributed by atoms with Gasteiger partial charge in [0, 0.05) is 0 Å². The lowest BCUT2D eigenvalue weighted by Crippen LogP contribution is -2.15. The van der Waals surface area contributed by atoms with Gasteiger partial charge in [0.15, 0.2) is 6.29 Å². The highest BCUT2D eigenvalue weighted by Crippen LogP contribution is 2.27. The van der Waals surface area contributed by atoms with E-state index in [1.165, 1.54) is 32.1 Å². The second kappa shape index (κ2) is 6.43. The van der Waals surface area contributed by atoms with Gasteiger partial charge in [0.2, 0.25) is 0 Å². The van der Waals surface area contributed by atoms with E-state index in [2.05, 4.69) is 0 Å². The molecule has 0 aromatic heterocycles. The van der Waals surface area contributed by atoms with Crippen molar-refractivity contribution in [3.05, 3.63) is 23.8 Å². The van der Waals surface area contributed by atoms with Crippen molar-refractivity contribution >= 4 is 6.29 Å². The second-order valence-corrected chi connectivity index (χ2v) is 4.84. The maximum Gasteiger partial charge on any atom is 0.153 e. The summed E-state index contributed by atoms with van der Waals surface area (Å²) in [7, 11) is 1.59. The molecule has 0 atom stereocenters. The van der Waals surface area contributed by atoms with Crippen molar-refractivity contribution in [1.82, 2.24) is 0 Å². The number of aldehydes is 1. The maximum atomic E-state index is 11.0. The highest BCUT2D eigenvalue weighted by atomic mass is 16.5. The van der Waals surface area contributed by atoms with Gasteiger partial charge in [0.25, 0.3) is 0 Å². The van der Waals surface area contributed by atoms with Crippen molar-refractivity contribution in [3.8, 4) is 11.5 Å². The van der Waals surface area contributed by atoms with E-state index < -0.39 is 0 Å². The SMILES string of the molecule is COc1ccc(OCC2CCCCC2)c(C=O)c1. The largest absolute Gasteiger partial charge is 0.497 e. The summed E-state index contributed by atoms with van der Waals surface area (Å²) in [4.78, 5) is 11.0. The Balaban J connectivity index is 1.97. The fourth-order valence-corrected chi connectivity index (χ4v) is 2.44. The Morgan fingerprint density at radius 2 is 2.06 bits per heavy atom. The highest BCUT2D eigenvalue weighted by molar-refractivity contribution is 5.80. The Morgan fingerprint density at radius 1 is 1.28 bits per heavy atom. The Labute approximate surface area is 108 Å². The van der Waals surface area contributed by atoms with Gasteiger partial charge in [-0.3, -0.25) is 4.79 Å². The third-order valence-electron chi connectivity index (χ3n) is 3.54. The first-order valence-electron chi connectivity index (χ1n) is 6.59. The molecule has 0 spiro atoms. The monoisotopic (exact) mass is 248 g/mol. The third-order valence-corrected chi connectivity index (χ3v) is 3.54. The molecular formula is C15H20O3. The van der Waals surface area contributed by atoms with Crippen molar-refractivity contribution in [2.24, 2.45) is 5.92 Å². The Bertz CT molecular complexity index is 395. The van der Waals surface area contributed by atoms with Crippen LogP contribution in [0, 0.1) is 5.92 Å². The molecule has 2 rings (SSSR count). The summed E-state index contributed by atoms with van der Waals surface area (Å²) in [6.45, 7) is 0.715. The topological polar surface area (TPSA) is 35.5 Å². The van der Waals surface area contributed by atoms with Crippen LogP contribution in [0.15, 0.2) is 18.2 Å². The first-order valence-corrected chi connectivity index (χ1v) is 6.59. The van der Waals surface area contributed by atoms with Crippen molar-refractivity contribution in [3.63, 3.8) is 0 Å². The molecule has 18 heavy (non-hydrogen) atoms. The summed E-state index contributed by atoms with van der Waals surface area (Å²) in [6.07, 6.45) is 7.25. The van der Waals surface area contributed by atoms with Gasteiger partial charge in [-0.1, -0.05) is 19.3 Å². The smallest absolute Gasteiger partial charge is 0.153 e. The number of rotatable bonds is 5. The van der Waals surface area contributed by atoms with E-state index in [9.17, 15) is 4.79 Å². The molecule has 0 bridgehead atoms. The second-order valence-electron chi connectivity index (χ2n) is 4.84. The van der Waals surface area contributed by atoms with Crippen LogP contribution in [0.1, 0.15) is 42.5 Å². The number of ether oxygens (including phenoxy) is 2. The molecule has 1 aliphatic carbocycles. The van der Waals surface area contributed by atoms with Crippen LogP contribution >= 0.6 is 0 Å². The van der Waals surface area contributed by atoms with Gasteiger partial charge in [-0.25, -0.2) is 0 Å². The summed E-state index contributed by atoms with van der Waals surface area (Å²) in [5.41, 5.74) is 0.560. The molecule has 0 radical (unpaired) electrons. The van der Waals surface area contributed by atoms with E-state index in [1.54, 1.807) is 13.2 Å². The number of benzene rings is 1. The summed E-state index contributed by atoms with van der Waals surface area (Å²) >= 11 is 0. The summed E-state index contributed by atoms with van der Waals surface area (Å²) in [5, 5.41) is 0. The number of methoxy groups -OCH3 is 1. The molecule has 0 amide bonds. The molecule has 1 saturated carbocycles. The average Bonchev–Trinajstić information content (AvgIpc) is 2.46. The predicted molar refractivity (Wildman–Crippen MR) is 70.5 cm³/mol. The number of hydrogen-bond donors (Lipinski definition) is 0. The number of hydrogen-bond acceptors (Lipinski definition) is 3. The van der Waals surface area contributed by atoms with Gasteiger partial charge in [0.05, 0.1) is 19.3 Å². The molecule has 0 unspecified atom stereocenters. The van der Waals surface area contributed by atoms with Gasteiger partial charge in [-0.05, 0) is 37.0 Å². The van der Waals surface area contributed by atoms with Crippen LogP contribution in [0.2, 0.25) is 0 Å². The molecule has 1 fully saturated rings. The number of carbonyl (C=O) groups is 1. The van der Waals surface area contributed by atoms with Crippen molar-refractivity contribution in [2.75, 3.05) is 13.7 Å². The molecule has 3 heteroatoms. The maximum absolute atomic E-state index is 11.0. The summed E-state index contributed by atoms with van der Waals surface area (Å²) in [5.74, 6) is 1.99. The zero-order valence-corrected chi connectivity index (χ0v) is 10.9. The van der Waals surface area contributed by atoms with Crippen molar-refractivity contribution in [1.29, 1.82) is 0 Å². The molecule has 1 aromatic rings. The van der Waals surface area contributed by atoms with Crippen LogP contribution in [-0.4, -0.2) is 20.0 Å². The fraction of sp³-hybridized carbons (Fsp3) is 0.533. The molecule has 1 aromatic carbocycles. The van der Waals surface area contributed by atoms with Gasteiger partial charge in [-0.2, -0.15) is 0 Å². The zero-order valence-electron chi connectivity index (χ0n) is 10.9. The van der Waals surface area contributed by atoms with Gasteiger partial charge < -0.3 is 9.47 Å². The molecule has 1 aliphatic rings. The quantitative estimate of drug-likeness (QED) is 0.748. The van der Waals surface area contributed by atoms with E-state index in [1.807, 2.05) is 12.1 Å². The molecule has 98 valence electrons. The highest BCUT2D eigenvalue weighted by Gasteiger charge is 2.15. The first-order chi connectivity index (χ1) is 8.83. The van der Waals surface area contributed by atoms with E-state index in [0.29, 0.717) is 29.6 Å². The summed E-state index contributed by atoms with van der Waals surface area (Å²) in [6, 6.07) is 5.35. The van der Waals surface area contributed by atoms with Crippen LogP contribution in [-0.2, 0) is 0 Å². The van der Waals surface area contributed by atoms with E-state index >= 15 is 0 Å². The van der Waals surface area contributed by atoms with Gasteiger partial charge in [-0.15, -0.1) is 0 Å². The Hall–Kier alpha value is -1.51. The minimum absolute atomic E-state index is 0.560. The minimum Gasteiger partial charge on any atom is -0.497 e. The number of carbonyl (C=O) groups excluding carboxylic acids is 1. The van der Waals surface area contributed by atoms with E-state index in [-0.39, 0.29) is 0 Å².